The van der Waals surface area contributed by atoms with E-state index in [-0.39, 0.29) is 19.0 Å². The van der Waals surface area contributed by atoms with Gasteiger partial charge in [0, 0.05) is 5.38 Å². The number of anilines is 2. The molecule has 0 aliphatic rings. The van der Waals surface area contributed by atoms with Crippen LogP contribution in [-0.4, -0.2) is 30.4 Å². The molecule has 0 amide bonds. The summed E-state index contributed by atoms with van der Waals surface area (Å²) in [5, 5.41) is 6.44. The van der Waals surface area contributed by atoms with E-state index in [4.69, 9.17) is 15.2 Å². The number of hydrazone groups is 1. The van der Waals surface area contributed by atoms with Crippen LogP contribution in [0, 0.1) is 0 Å². The van der Waals surface area contributed by atoms with Gasteiger partial charge in [-0.25, -0.2) is 4.98 Å². The van der Waals surface area contributed by atoms with Gasteiger partial charge < -0.3 is 15.2 Å². The van der Waals surface area contributed by atoms with Crippen molar-refractivity contribution >= 4 is 34.5 Å². The number of nitrogens with two attached hydrogens (primary N) is 1. The summed E-state index contributed by atoms with van der Waals surface area (Å²) in [4.78, 5) is 15.3. The summed E-state index contributed by atoms with van der Waals surface area (Å²) >= 11 is 1.38. The number of aromatic nitrogens is 1. The van der Waals surface area contributed by atoms with Crippen molar-refractivity contribution in [3.63, 3.8) is 0 Å². The van der Waals surface area contributed by atoms with E-state index in [0.717, 1.165) is 5.56 Å². The van der Waals surface area contributed by atoms with Crippen LogP contribution in [0.1, 0.15) is 18.9 Å². The van der Waals surface area contributed by atoms with Gasteiger partial charge in [-0.3, -0.25) is 10.2 Å². The van der Waals surface area contributed by atoms with Crippen LogP contribution in [0.3, 0.4) is 0 Å². The van der Waals surface area contributed by atoms with Crippen LogP contribution < -0.4 is 15.9 Å². The van der Waals surface area contributed by atoms with Crippen LogP contribution in [0.5, 0.6) is 5.75 Å². The molecule has 3 N–H and O–H groups in total. The van der Waals surface area contributed by atoms with Crippen LogP contribution in [-0.2, 0) is 9.53 Å². The second-order valence-corrected chi connectivity index (χ2v) is 5.28. The maximum absolute atomic E-state index is 11.2. The van der Waals surface area contributed by atoms with E-state index in [2.05, 4.69) is 15.5 Å². The lowest BCUT2D eigenvalue weighted by Crippen LogP contribution is -2.09. The van der Waals surface area contributed by atoms with Gasteiger partial charge in [-0.2, -0.15) is 5.10 Å². The summed E-state index contributed by atoms with van der Waals surface area (Å²) in [6.45, 7) is 2.42. The van der Waals surface area contributed by atoms with Crippen molar-refractivity contribution in [1.29, 1.82) is 0 Å². The molecule has 8 heteroatoms. The summed E-state index contributed by atoms with van der Waals surface area (Å²) in [5.74, 6) is 0.860. The standard InChI is InChI=1S/C15H18N4O3S/c1-2-21-14(20)6-7-22-12-5-3-4-11(8-12)9-17-19-15-18-13(16)10-23-15/h3-5,8-10H,2,6-7,16H2,1H3,(H,18,19). The number of nitrogens with one attached hydrogen (secondary N) is 1. The molecule has 0 saturated carbocycles. The number of carbonyl (C=O) groups is 1. The fourth-order valence-corrected chi connectivity index (χ4v) is 2.22. The predicted molar refractivity (Wildman–Crippen MR) is 90.9 cm³/mol. The number of nitrogen functional groups attached to an aromatic ring is 1. The molecule has 1 heterocycles. The summed E-state index contributed by atoms with van der Waals surface area (Å²) in [7, 11) is 0. The molecule has 122 valence electrons. The number of hydrogen-bond donors (Lipinski definition) is 2. The lowest BCUT2D eigenvalue weighted by molar-refractivity contribution is -0.143. The molecule has 0 radical (unpaired) electrons. The van der Waals surface area contributed by atoms with Crippen molar-refractivity contribution in [3.05, 3.63) is 35.2 Å². The molecule has 0 bridgehead atoms. The molecule has 0 aliphatic carbocycles. The Kier molecular flexibility index (Phi) is 6.37. The van der Waals surface area contributed by atoms with Crippen LogP contribution in [0.4, 0.5) is 10.9 Å². The Balaban J connectivity index is 1.83. The molecule has 1 aromatic carbocycles. The summed E-state index contributed by atoms with van der Waals surface area (Å²) in [5.41, 5.74) is 9.18. The van der Waals surface area contributed by atoms with Crippen molar-refractivity contribution in [1.82, 2.24) is 4.98 Å². The second kappa shape index (κ2) is 8.74. The molecule has 0 aliphatic heterocycles. The van der Waals surface area contributed by atoms with E-state index in [1.165, 1.54) is 11.3 Å². The first-order valence-corrected chi connectivity index (χ1v) is 7.94. The Hall–Kier alpha value is -2.61. The van der Waals surface area contributed by atoms with Gasteiger partial charge in [-0.15, -0.1) is 11.3 Å². The average molecular weight is 334 g/mol. The van der Waals surface area contributed by atoms with E-state index < -0.39 is 0 Å². The maximum Gasteiger partial charge on any atom is 0.309 e. The topological polar surface area (TPSA) is 98.8 Å². The zero-order valence-electron chi connectivity index (χ0n) is 12.7. The van der Waals surface area contributed by atoms with E-state index in [9.17, 15) is 4.79 Å². The van der Waals surface area contributed by atoms with Crippen LogP contribution in [0.25, 0.3) is 0 Å². The third-order valence-electron chi connectivity index (χ3n) is 2.63. The molecular weight excluding hydrogens is 316 g/mol. The number of hydrogen-bond acceptors (Lipinski definition) is 8. The van der Waals surface area contributed by atoms with Crippen molar-refractivity contribution in [3.8, 4) is 5.75 Å². The Morgan fingerprint density at radius 1 is 1.52 bits per heavy atom. The highest BCUT2D eigenvalue weighted by atomic mass is 32.1. The van der Waals surface area contributed by atoms with Gasteiger partial charge in [0.05, 0.1) is 25.8 Å². The first kappa shape index (κ1) is 16.8. The lowest BCUT2D eigenvalue weighted by Gasteiger charge is -2.06. The molecule has 0 saturated heterocycles. The van der Waals surface area contributed by atoms with Gasteiger partial charge in [0.1, 0.15) is 11.6 Å². The van der Waals surface area contributed by atoms with E-state index >= 15 is 0 Å². The number of esters is 1. The molecule has 7 nitrogen and oxygen atoms in total. The Labute approximate surface area is 138 Å². The quantitative estimate of drug-likeness (QED) is 0.437. The fourth-order valence-electron chi connectivity index (χ4n) is 1.67. The third-order valence-corrected chi connectivity index (χ3v) is 3.40. The SMILES string of the molecule is CCOC(=O)CCOc1cccc(C=NNc2nc(N)cs2)c1. The Morgan fingerprint density at radius 2 is 2.39 bits per heavy atom. The molecule has 23 heavy (non-hydrogen) atoms. The number of rotatable bonds is 8. The highest BCUT2D eigenvalue weighted by molar-refractivity contribution is 7.14. The number of nitrogens with zero attached hydrogens (tertiary/aromatic N) is 2. The number of thiazole rings is 1. The number of carbonyl (C=O) groups excluding carboxylic acids is 1. The minimum atomic E-state index is -0.267. The van der Waals surface area contributed by atoms with E-state index in [1.54, 1.807) is 18.5 Å². The van der Waals surface area contributed by atoms with Gasteiger partial charge in [-0.05, 0) is 24.6 Å². The van der Waals surface area contributed by atoms with E-state index in [1.807, 2.05) is 24.3 Å². The predicted octanol–water partition coefficient (Wildman–Crippen LogP) is 2.50. The molecule has 0 atom stereocenters. The van der Waals surface area contributed by atoms with Crippen LogP contribution >= 0.6 is 11.3 Å². The zero-order valence-corrected chi connectivity index (χ0v) is 13.5. The molecule has 1 aromatic heterocycles. The summed E-state index contributed by atoms with van der Waals surface area (Å²) in [6, 6.07) is 7.38. The molecule has 0 unspecified atom stereocenters. The summed E-state index contributed by atoms with van der Waals surface area (Å²) < 4.78 is 10.4. The molecule has 0 fully saturated rings. The smallest absolute Gasteiger partial charge is 0.309 e. The largest absolute Gasteiger partial charge is 0.493 e. The number of ether oxygens (including phenoxy) is 2. The van der Waals surface area contributed by atoms with Gasteiger partial charge in [-0.1, -0.05) is 12.1 Å². The van der Waals surface area contributed by atoms with Crippen LogP contribution in [0.15, 0.2) is 34.7 Å². The van der Waals surface area contributed by atoms with Crippen LogP contribution in [0.2, 0.25) is 0 Å². The zero-order chi connectivity index (χ0) is 16.5. The average Bonchev–Trinajstić information content (AvgIpc) is 2.93. The Bertz CT molecular complexity index is 672. The Morgan fingerprint density at radius 3 is 3.13 bits per heavy atom. The highest BCUT2D eigenvalue weighted by Gasteiger charge is 2.02. The summed E-state index contributed by atoms with van der Waals surface area (Å²) in [6.07, 6.45) is 1.87. The number of benzene rings is 1. The van der Waals surface area contributed by atoms with Gasteiger partial charge in [0.25, 0.3) is 0 Å². The monoisotopic (exact) mass is 334 g/mol. The van der Waals surface area contributed by atoms with Crippen molar-refractivity contribution in [2.75, 3.05) is 24.4 Å². The minimum Gasteiger partial charge on any atom is -0.493 e. The van der Waals surface area contributed by atoms with Crippen molar-refractivity contribution in [2.45, 2.75) is 13.3 Å². The maximum atomic E-state index is 11.2. The van der Waals surface area contributed by atoms with Gasteiger partial charge in [0.15, 0.2) is 0 Å². The van der Waals surface area contributed by atoms with Gasteiger partial charge >= 0.3 is 5.97 Å². The minimum absolute atomic E-state index is 0.221. The highest BCUT2D eigenvalue weighted by Crippen LogP contribution is 2.16. The molecule has 2 rings (SSSR count). The second-order valence-electron chi connectivity index (χ2n) is 4.42. The van der Waals surface area contributed by atoms with Crippen molar-refractivity contribution < 1.29 is 14.3 Å². The fraction of sp³-hybridized carbons (Fsp3) is 0.267. The molecule has 0 spiro atoms. The molecule has 2 aromatic rings. The van der Waals surface area contributed by atoms with Crippen molar-refractivity contribution in [2.24, 2.45) is 5.10 Å². The first-order chi connectivity index (χ1) is 11.2. The molecular formula is C15H18N4O3S. The van der Waals surface area contributed by atoms with Gasteiger partial charge in [0.2, 0.25) is 5.13 Å². The normalized spacial score (nSPS) is 10.7. The van der Waals surface area contributed by atoms with E-state index in [0.29, 0.717) is 23.3 Å². The first-order valence-electron chi connectivity index (χ1n) is 7.06. The lowest BCUT2D eigenvalue weighted by atomic mass is 10.2. The third kappa shape index (κ3) is 5.95.